The number of rotatable bonds is 0. The van der Waals surface area contributed by atoms with Crippen LogP contribution in [0.2, 0.25) is 0 Å². The Morgan fingerprint density at radius 2 is 2.67 bits per heavy atom. The summed E-state index contributed by atoms with van der Waals surface area (Å²) in [7, 11) is 0. The van der Waals surface area contributed by atoms with Gasteiger partial charge >= 0.3 is 0 Å². The minimum Gasteiger partial charge on any atom is -0.325 e. The zero-order chi connectivity index (χ0) is 4.41. The summed E-state index contributed by atoms with van der Waals surface area (Å²) >= 11 is 0. The van der Waals surface area contributed by atoms with Crippen LogP contribution < -0.4 is 16.6 Å². The van der Waals surface area contributed by atoms with Crippen molar-refractivity contribution >= 4 is 0 Å². The summed E-state index contributed by atoms with van der Waals surface area (Å²) in [4.78, 5) is 0. The fraction of sp³-hybridized carbons (Fsp3) is 0.500. The molecule has 1 aliphatic rings. The molecule has 1 radical (unpaired) electrons. The van der Waals surface area contributed by atoms with E-state index in [-0.39, 0.29) is 0 Å². The monoisotopic (exact) mass is 88.1 g/mol. The first-order chi connectivity index (χ1) is 2.89. The van der Waals surface area contributed by atoms with Crippen molar-refractivity contribution in [3.63, 3.8) is 0 Å². The van der Waals surface area contributed by atoms with Crippen LogP contribution in [0.15, 0.2) is 0 Å². The molecule has 4 N–H and O–H groups in total. The Balaban J connectivity index is 2.18. The van der Waals surface area contributed by atoms with Crippen LogP contribution in [0.5, 0.6) is 0 Å². The van der Waals surface area contributed by atoms with Crippen molar-refractivity contribution in [3.05, 3.63) is 6.35 Å². The molecule has 35 valence electrons. The Morgan fingerprint density at radius 1 is 1.83 bits per heavy atom. The lowest BCUT2D eigenvalue weighted by molar-refractivity contribution is 0.190. The number of hydrogen-bond donors (Lipinski definition) is 3. The van der Waals surface area contributed by atoms with Gasteiger partial charge in [0.1, 0.15) is 6.73 Å². The molecule has 1 aliphatic heterocycles. The van der Waals surface area contributed by atoms with Gasteiger partial charge in [0.05, 0.1) is 0 Å². The topological polar surface area (TPSA) is 59.3 Å². The Labute approximate surface area is 35.6 Å². The molecule has 0 aromatic rings. The highest BCUT2D eigenvalue weighted by Gasteiger charge is 2.07. The van der Waals surface area contributed by atoms with E-state index in [1.165, 1.54) is 0 Å². The van der Waals surface area contributed by atoms with Crippen LogP contribution in [0.3, 0.4) is 0 Å². The van der Waals surface area contributed by atoms with Crippen LogP contribution in [-0.2, 0) is 4.74 Å². The van der Waals surface area contributed by atoms with Gasteiger partial charge in [-0.1, -0.05) is 0 Å². The van der Waals surface area contributed by atoms with E-state index in [1.807, 2.05) is 0 Å². The summed E-state index contributed by atoms with van der Waals surface area (Å²) in [5.41, 5.74) is 10.2. The Bertz CT molecular complexity index is 42.1. The molecular formula is C2H6N3O. The predicted octanol–water partition coefficient (Wildman–Crippen LogP) is -1.53. The van der Waals surface area contributed by atoms with Gasteiger partial charge in [-0.3, -0.25) is 5.73 Å². The molecule has 1 fully saturated rings. The van der Waals surface area contributed by atoms with Crippen molar-refractivity contribution in [3.8, 4) is 0 Å². The standard InChI is InChI=1S/C2H6N3O/c3-2-5-4-1-6-2/h4-5H,1,3H2. The predicted molar refractivity (Wildman–Crippen MR) is 19.7 cm³/mol. The van der Waals surface area contributed by atoms with E-state index in [1.54, 1.807) is 0 Å². The van der Waals surface area contributed by atoms with Crippen LogP contribution in [-0.4, -0.2) is 6.73 Å². The number of hydrazine groups is 1. The Hall–Kier alpha value is -0.160. The van der Waals surface area contributed by atoms with E-state index in [0.29, 0.717) is 13.1 Å². The molecule has 0 bridgehead atoms. The van der Waals surface area contributed by atoms with Crippen LogP contribution in [0.1, 0.15) is 0 Å². The smallest absolute Gasteiger partial charge is 0.246 e. The van der Waals surface area contributed by atoms with Crippen molar-refractivity contribution in [2.45, 2.75) is 0 Å². The van der Waals surface area contributed by atoms with Crippen LogP contribution >= 0.6 is 0 Å². The summed E-state index contributed by atoms with van der Waals surface area (Å²) in [5, 5.41) is 0. The maximum atomic E-state index is 5.06. The summed E-state index contributed by atoms with van der Waals surface area (Å²) < 4.78 is 4.62. The summed E-state index contributed by atoms with van der Waals surface area (Å²) in [5.74, 6) is 0. The third-order valence-corrected chi connectivity index (χ3v) is 0.511. The van der Waals surface area contributed by atoms with Gasteiger partial charge in [0.25, 0.3) is 0 Å². The average Bonchev–Trinajstić information content (AvgIpc) is 1.86. The second-order valence-electron chi connectivity index (χ2n) is 0.955. The summed E-state index contributed by atoms with van der Waals surface area (Å²) in [6.07, 6.45) is 0.343. The molecule has 0 aromatic heterocycles. The van der Waals surface area contributed by atoms with Gasteiger partial charge < -0.3 is 4.74 Å². The Kier molecular flexibility index (Phi) is 1.02. The largest absolute Gasteiger partial charge is 0.325 e. The first kappa shape index (κ1) is 4.01. The highest BCUT2D eigenvalue weighted by molar-refractivity contribution is 4.64. The van der Waals surface area contributed by atoms with Gasteiger partial charge in [0, 0.05) is 0 Å². The molecule has 1 saturated heterocycles. The van der Waals surface area contributed by atoms with Gasteiger partial charge in [-0.05, 0) is 0 Å². The van der Waals surface area contributed by atoms with E-state index in [9.17, 15) is 0 Å². The Morgan fingerprint density at radius 3 is 2.83 bits per heavy atom. The van der Waals surface area contributed by atoms with Crippen molar-refractivity contribution in [1.82, 2.24) is 10.9 Å². The molecular weight excluding hydrogens is 82.0 g/mol. The molecule has 0 amide bonds. The van der Waals surface area contributed by atoms with Crippen LogP contribution in [0.25, 0.3) is 0 Å². The minimum absolute atomic E-state index is 0.343. The SMILES string of the molecule is N[C]1NNCO1. The zero-order valence-electron chi connectivity index (χ0n) is 3.19. The maximum absolute atomic E-state index is 5.06. The number of hydrogen-bond acceptors (Lipinski definition) is 4. The van der Waals surface area contributed by atoms with Crippen LogP contribution in [0.4, 0.5) is 0 Å². The molecule has 4 heteroatoms. The van der Waals surface area contributed by atoms with Crippen molar-refractivity contribution in [1.29, 1.82) is 0 Å². The highest BCUT2D eigenvalue weighted by atomic mass is 16.5. The van der Waals surface area contributed by atoms with E-state index in [0.717, 1.165) is 0 Å². The second kappa shape index (κ2) is 1.53. The first-order valence-corrected chi connectivity index (χ1v) is 1.64. The van der Waals surface area contributed by atoms with Gasteiger partial charge in [0.2, 0.25) is 6.35 Å². The number of nitrogens with two attached hydrogens (primary N) is 1. The lowest BCUT2D eigenvalue weighted by atomic mass is 11.1. The first-order valence-electron chi connectivity index (χ1n) is 1.64. The lowest BCUT2D eigenvalue weighted by Crippen LogP contribution is -2.29. The molecule has 0 spiro atoms. The van der Waals surface area contributed by atoms with E-state index < -0.39 is 0 Å². The van der Waals surface area contributed by atoms with Crippen molar-refractivity contribution in [2.75, 3.05) is 6.73 Å². The normalized spacial score (nSPS) is 25.5. The third kappa shape index (κ3) is 0.662. The van der Waals surface area contributed by atoms with E-state index in [2.05, 4.69) is 15.6 Å². The van der Waals surface area contributed by atoms with Crippen molar-refractivity contribution in [2.24, 2.45) is 5.73 Å². The maximum Gasteiger partial charge on any atom is 0.246 e. The molecule has 0 atom stereocenters. The molecule has 1 heterocycles. The van der Waals surface area contributed by atoms with E-state index >= 15 is 0 Å². The molecule has 4 nitrogen and oxygen atoms in total. The number of ether oxygens (including phenoxy) is 1. The quantitative estimate of drug-likeness (QED) is 0.336. The lowest BCUT2D eigenvalue weighted by Gasteiger charge is -1.91. The molecule has 0 unspecified atom stereocenters. The number of nitrogens with one attached hydrogen (secondary N) is 2. The minimum atomic E-state index is 0.343. The van der Waals surface area contributed by atoms with E-state index in [4.69, 9.17) is 5.73 Å². The average molecular weight is 88.1 g/mol. The highest BCUT2D eigenvalue weighted by Crippen LogP contribution is 1.86. The van der Waals surface area contributed by atoms with Gasteiger partial charge in [-0.15, -0.1) is 0 Å². The third-order valence-electron chi connectivity index (χ3n) is 0.511. The van der Waals surface area contributed by atoms with Gasteiger partial charge in [-0.2, -0.15) is 0 Å². The van der Waals surface area contributed by atoms with Gasteiger partial charge in [-0.25, -0.2) is 10.9 Å². The molecule has 0 aliphatic carbocycles. The van der Waals surface area contributed by atoms with Crippen LogP contribution in [0, 0.1) is 6.35 Å². The van der Waals surface area contributed by atoms with Crippen molar-refractivity contribution < 1.29 is 4.74 Å². The van der Waals surface area contributed by atoms with Gasteiger partial charge in [0.15, 0.2) is 0 Å². The molecule has 0 saturated carbocycles. The molecule has 6 heavy (non-hydrogen) atoms. The fourth-order valence-electron chi connectivity index (χ4n) is 0.273. The summed E-state index contributed by atoms with van der Waals surface area (Å²) in [6.45, 7) is 0.464. The fourth-order valence-corrected chi connectivity index (χ4v) is 0.273. The second-order valence-corrected chi connectivity index (χ2v) is 0.955. The molecule has 0 aromatic carbocycles. The summed E-state index contributed by atoms with van der Waals surface area (Å²) in [6, 6.07) is 0. The molecule has 1 rings (SSSR count). The zero-order valence-corrected chi connectivity index (χ0v) is 3.19.